The van der Waals surface area contributed by atoms with Gasteiger partial charge < -0.3 is 20.1 Å². The molecular formula is C35H37F2IN6O2. The monoisotopic (exact) mass is 738 g/mol. The Bertz CT molecular complexity index is 1850. The van der Waals surface area contributed by atoms with Gasteiger partial charge >= 0.3 is 6.01 Å². The Labute approximate surface area is 280 Å². The van der Waals surface area contributed by atoms with Crippen LogP contribution >= 0.6 is 22.6 Å². The van der Waals surface area contributed by atoms with Crippen LogP contribution in [-0.4, -0.2) is 81.0 Å². The first-order chi connectivity index (χ1) is 22.3. The number of aromatic hydroxyl groups is 1. The maximum absolute atomic E-state index is 16.9. The van der Waals surface area contributed by atoms with Crippen LogP contribution in [0.15, 0.2) is 36.5 Å². The zero-order chi connectivity index (χ0) is 31.2. The van der Waals surface area contributed by atoms with E-state index in [2.05, 4.69) is 42.7 Å². The Morgan fingerprint density at radius 2 is 1.87 bits per heavy atom. The lowest BCUT2D eigenvalue weighted by molar-refractivity contribution is 0.0775. The highest BCUT2D eigenvalue weighted by atomic mass is 127. The van der Waals surface area contributed by atoms with Gasteiger partial charge in [-0.1, -0.05) is 25.0 Å². The Morgan fingerprint density at radius 3 is 2.72 bits per heavy atom. The van der Waals surface area contributed by atoms with Gasteiger partial charge in [-0.3, -0.25) is 9.88 Å². The number of pyridine rings is 1. The first kappa shape index (κ1) is 29.3. The molecule has 2 aromatic heterocycles. The van der Waals surface area contributed by atoms with Crippen LogP contribution in [0.2, 0.25) is 0 Å². The van der Waals surface area contributed by atoms with Gasteiger partial charge in [-0.15, -0.1) is 0 Å². The second kappa shape index (κ2) is 11.1. The molecule has 1 aliphatic carbocycles. The predicted octanol–water partition coefficient (Wildman–Crippen LogP) is 6.36. The number of rotatable bonds is 5. The van der Waals surface area contributed by atoms with Crippen LogP contribution in [0.4, 0.5) is 14.6 Å². The van der Waals surface area contributed by atoms with E-state index in [-0.39, 0.29) is 35.1 Å². The van der Waals surface area contributed by atoms with E-state index in [1.807, 2.05) is 18.2 Å². The number of phenolic OH excluding ortho intramolecular Hbond substituents is 1. The molecule has 46 heavy (non-hydrogen) atoms. The van der Waals surface area contributed by atoms with Crippen molar-refractivity contribution in [1.29, 1.82) is 0 Å². The van der Waals surface area contributed by atoms with E-state index in [0.717, 1.165) is 53.1 Å². The summed E-state index contributed by atoms with van der Waals surface area (Å²) in [7, 11) is 0. The Hall–Kier alpha value is -2.90. The van der Waals surface area contributed by atoms with Gasteiger partial charge in [0.2, 0.25) is 0 Å². The average Bonchev–Trinajstić information content (AvgIpc) is 3.66. The van der Waals surface area contributed by atoms with Crippen molar-refractivity contribution in [3.8, 4) is 23.0 Å². The molecule has 6 heterocycles. The lowest BCUT2D eigenvalue weighted by Crippen LogP contribution is -2.51. The number of anilines is 1. The summed E-state index contributed by atoms with van der Waals surface area (Å²) in [6.45, 7) is 2.25. The van der Waals surface area contributed by atoms with Gasteiger partial charge in [-0.2, -0.15) is 9.97 Å². The molecule has 5 aliphatic rings. The normalized spacial score (nSPS) is 30.7. The largest absolute Gasteiger partial charge is 0.508 e. The highest BCUT2D eigenvalue weighted by molar-refractivity contribution is 14.1. The molecule has 3 unspecified atom stereocenters. The molecule has 4 aliphatic heterocycles. The van der Waals surface area contributed by atoms with Crippen molar-refractivity contribution in [2.75, 3.05) is 31.1 Å². The van der Waals surface area contributed by atoms with Gasteiger partial charge in [-0.05, 0) is 84.2 Å². The third-order valence-electron chi connectivity index (χ3n) is 11.3. The molecule has 8 nitrogen and oxygen atoms in total. The molecule has 240 valence electrons. The number of ether oxygens (including phenoxy) is 1. The number of fused-ring (bicyclic) bond motifs is 7. The molecule has 1 saturated carbocycles. The Morgan fingerprint density at radius 1 is 1.04 bits per heavy atom. The van der Waals surface area contributed by atoms with Crippen LogP contribution in [0.5, 0.6) is 11.8 Å². The van der Waals surface area contributed by atoms with E-state index < -0.39 is 12.0 Å². The number of benzene rings is 2. The Kier molecular flexibility index (Phi) is 7.05. The predicted molar refractivity (Wildman–Crippen MR) is 182 cm³/mol. The lowest BCUT2D eigenvalue weighted by Gasteiger charge is -2.36. The average molecular weight is 739 g/mol. The van der Waals surface area contributed by atoms with E-state index in [4.69, 9.17) is 14.7 Å². The van der Waals surface area contributed by atoms with Crippen LogP contribution in [-0.2, 0) is 0 Å². The van der Waals surface area contributed by atoms with Crippen molar-refractivity contribution < 1.29 is 18.6 Å². The third-order valence-corrected chi connectivity index (χ3v) is 12.2. The van der Waals surface area contributed by atoms with E-state index in [1.54, 1.807) is 18.3 Å². The molecule has 0 amide bonds. The molecule has 2 aromatic carbocycles. The SMILES string of the molecule is Oc1cc(-c2ncc3c(N4CC5CCC(C4)N5)nc(OCC45C[C@@H](F)CN4[C@@H]4CCCC[C@@H]4C5)nc3c2F)c2c(I)cccc2c1. The first-order valence-electron chi connectivity index (χ1n) is 16.7. The zero-order valence-electron chi connectivity index (χ0n) is 25.6. The molecule has 4 aromatic rings. The summed E-state index contributed by atoms with van der Waals surface area (Å²) < 4.78 is 39.2. The number of halogens is 3. The standard InChI is InChI=1S/C35H37F2IN6O2/c36-21-13-35(12-20-4-1-2-7-28(20)44(35)15-21)18-46-34-41-32-26(33(42-34)43-16-22-8-9-23(17-43)40-22)14-39-31(30(32)37)25-11-24(45)10-19-5-3-6-27(38)29(19)25/h3,5-6,10-11,14,20-23,28,40,45H,1-2,4,7-9,12-13,15-18H2/t20-,21-,22?,23?,28-,35?/m1/s1. The minimum Gasteiger partial charge on any atom is -0.508 e. The molecule has 11 heteroatoms. The zero-order valence-corrected chi connectivity index (χ0v) is 27.7. The number of hydrogen-bond acceptors (Lipinski definition) is 8. The van der Waals surface area contributed by atoms with Crippen molar-refractivity contribution in [3.63, 3.8) is 0 Å². The van der Waals surface area contributed by atoms with E-state index >= 15 is 4.39 Å². The van der Waals surface area contributed by atoms with Crippen LogP contribution in [0.1, 0.15) is 51.4 Å². The molecule has 5 fully saturated rings. The summed E-state index contributed by atoms with van der Waals surface area (Å²) in [5.74, 6) is 0.654. The summed E-state index contributed by atoms with van der Waals surface area (Å²) in [5.41, 5.74) is 0.382. The third kappa shape index (κ3) is 4.74. The molecule has 0 radical (unpaired) electrons. The van der Waals surface area contributed by atoms with Crippen molar-refractivity contribution >= 4 is 50.1 Å². The fourth-order valence-electron chi connectivity index (χ4n) is 9.45. The smallest absolute Gasteiger partial charge is 0.319 e. The van der Waals surface area contributed by atoms with Crippen LogP contribution in [0, 0.1) is 15.3 Å². The van der Waals surface area contributed by atoms with Crippen molar-refractivity contribution in [3.05, 3.63) is 45.9 Å². The van der Waals surface area contributed by atoms with Gasteiger partial charge in [0.1, 0.15) is 35.6 Å². The maximum Gasteiger partial charge on any atom is 0.319 e. The fraction of sp³-hybridized carbons (Fsp3) is 0.514. The van der Waals surface area contributed by atoms with Crippen LogP contribution < -0.4 is 15.0 Å². The van der Waals surface area contributed by atoms with E-state index in [0.29, 0.717) is 53.8 Å². The minimum absolute atomic E-state index is 0.0400. The molecule has 6 atom stereocenters. The summed E-state index contributed by atoms with van der Waals surface area (Å²) >= 11 is 2.24. The first-order valence-corrected chi connectivity index (χ1v) is 17.8. The second-order valence-electron chi connectivity index (χ2n) is 14.2. The Balaban J connectivity index is 1.15. The number of nitrogens with one attached hydrogen (secondary N) is 1. The topological polar surface area (TPSA) is 86.6 Å². The molecule has 2 N–H and O–H groups in total. The number of nitrogens with zero attached hydrogens (tertiary/aromatic N) is 5. The summed E-state index contributed by atoms with van der Waals surface area (Å²) in [6.07, 6.45) is 9.08. The molecule has 0 spiro atoms. The number of aromatic nitrogens is 3. The highest BCUT2D eigenvalue weighted by Gasteiger charge is 2.57. The number of phenols is 1. The molecular weight excluding hydrogens is 701 g/mol. The number of hydrogen-bond donors (Lipinski definition) is 2. The van der Waals surface area contributed by atoms with Crippen molar-refractivity contribution in [2.45, 2.75) is 81.2 Å². The minimum atomic E-state index is -0.873. The molecule has 9 rings (SSSR count). The summed E-state index contributed by atoms with van der Waals surface area (Å²) in [6, 6.07) is 10.2. The van der Waals surface area contributed by atoms with E-state index in [9.17, 15) is 9.50 Å². The van der Waals surface area contributed by atoms with Gasteiger partial charge in [0, 0.05) is 64.9 Å². The highest BCUT2D eigenvalue weighted by Crippen LogP contribution is 2.51. The fourth-order valence-corrected chi connectivity index (χ4v) is 10.3. The lowest BCUT2D eigenvalue weighted by atomic mass is 9.81. The summed E-state index contributed by atoms with van der Waals surface area (Å²) in [4.78, 5) is 18.9. The summed E-state index contributed by atoms with van der Waals surface area (Å²) in [5, 5.41) is 16.4. The van der Waals surface area contributed by atoms with Crippen LogP contribution in [0.25, 0.3) is 32.9 Å². The maximum atomic E-state index is 16.9. The van der Waals surface area contributed by atoms with Gasteiger partial charge in [0.25, 0.3) is 0 Å². The van der Waals surface area contributed by atoms with E-state index in [1.165, 1.54) is 19.3 Å². The molecule has 4 saturated heterocycles. The van der Waals surface area contributed by atoms with Crippen LogP contribution in [0.3, 0.4) is 0 Å². The van der Waals surface area contributed by atoms with Gasteiger partial charge in [0.05, 0.1) is 10.9 Å². The number of alkyl halides is 1. The van der Waals surface area contributed by atoms with Gasteiger partial charge in [-0.25, -0.2) is 8.78 Å². The quantitative estimate of drug-likeness (QED) is 0.229. The van der Waals surface area contributed by atoms with Crippen molar-refractivity contribution in [1.82, 2.24) is 25.2 Å². The number of piperazine rings is 1. The molecule has 2 bridgehead atoms. The van der Waals surface area contributed by atoms with Gasteiger partial charge in [0.15, 0.2) is 5.82 Å². The second-order valence-corrected chi connectivity index (χ2v) is 15.3. The van der Waals surface area contributed by atoms with Crippen molar-refractivity contribution in [2.24, 2.45) is 5.92 Å².